The Morgan fingerprint density at radius 1 is 1.36 bits per heavy atom. The summed E-state index contributed by atoms with van der Waals surface area (Å²) >= 11 is 0. The van der Waals surface area contributed by atoms with Crippen molar-refractivity contribution in [2.45, 2.75) is 18.7 Å². The third kappa shape index (κ3) is 2.50. The fraction of sp³-hybridized carbons (Fsp3) is 0.357. The Balaban J connectivity index is 1.95. The molecule has 0 atom stereocenters. The number of nitrogens with one attached hydrogen (secondary N) is 2. The van der Waals surface area contributed by atoms with E-state index >= 15 is 0 Å². The van der Waals surface area contributed by atoms with Gasteiger partial charge in [0, 0.05) is 7.05 Å². The monoisotopic (exact) mass is 322 g/mol. The van der Waals surface area contributed by atoms with E-state index in [9.17, 15) is 8.42 Å². The SMILES string of the molecule is Cc1n[nH]c(C)c1S(=O)(=O)Nc1ccc2c(c1)N(C)CCO2. The molecule has 0 saturated carbocycles. The highest BCUT2D eigenvalue weighted by atomic mass is 32.2. The summed E-state index contributed by atoms with van der Waals surface area (Å²) in [6.45, 7) is 4.74. The Kier molecular flexibility index (Phi) is 3.48. The summed E-state index contributed by atoms with van der Waals surface area (Å²) in [6, 6.07) is 5.25. The molecule has 3 rings (SSSR count). The van der Waals surface area contributed by atoms with Gasteiger partial charge in [-0.3, -0.25) is 9.82 Å². The number of nitrogens with zero attached hydrogens (tertiary/aromatic N) is 2. The fourth-order valence-corrected chi connectivity index (χ4v) is 3.98. The van der Waals surface area contributed by atoms with E-state index in [1.807, 2.05) is 11.9 Å². The maximum Gasteiger partial charge on any atom is 0.265 e. The van der Waals surface area contributed by atoms with E-state index in [1.54, 1.807) is 32.0 Å². The van der Waals surface area contributed by atoms with Crippen LogP contribution in [0.15, 0.2) is 23.1 Å². The number of anilines is 2. The van der Waals surface area contributed by atoms with Crippen molar-refractivity contribution in [2.75, 3.05) is 29.8 Å². The molecule has 1 aromatic carbocycles. The lowest BCUT2D eigenvalue weighted by atomic mass is 10.2. The zero-order valence-electron chi connectivity index (χ0n) is 12.7. The number of likely N-dealkylation sites (N-methyl/N-ethyl adjacent to an activating group) is 1. The first-order chi connectivity index (χ1) is 10.4. The predicted molar refractivity (Wildman–Crippen MR) is 84.1 cm³/mol. The molecule has 22 heavy (non-hydrogen) atoms. The quantitative estimate of drug-likeness (QED) is 0.897. The van der Waals surface area contributed by atoms with Crippen LogP contribution >= 0.6 is 0 Å². The van der Waals surface area contributed by atoms with Crippen LogP contribution in [0.5, 0.6) is 5.75 Å². The van der Waals surface area contributed by atoms with Crippen molar-refractivity contribution >= 4 is 21.4 Å². The number of benzene rings is 1. The topological polar surface area (TPSA) is 87.3 Å². The standard InChI is InChI=1S/C14H18N4O3S/c1-9-14(10(2)16-15-9)22(19,20)17-11-4-5-13-12(8-11)18(3)6-7-21-13/h4-5,8,17H,6-7H2,1-3H3,(H,15,16). The molecule has 1 aromatic heterocycles. The Morgan fingerprint density at radius 2 is 2.14 bits per heavy atom. The summed E-state index contributed by atoms with van der Waals surface area (Å²) in [6.07, 6.45) is 0. The number of ether oxygens (including phenoxy) is 1. The van der Waals surface area contributed by atoms with Crippen LogP contribution < -0.4 is 14.4 Å². The molecule has 8 heteroatoms. The van der Waals surface area contributed by atoms with Gasteiger partial charge in [-0.2, -0.15) is 5.10 Å². The fourth-order valence-electron chi connectivity index (χ4n) is 2.56. The summed E-state index contributed by atoms with van der Waals surface area (Å²) < 4.78 is 33.2. The third-order valence-electron chi connectivity index (χ3n) is 3.64. The van der Waals surface area contributed by atoms with Crippen molar-refractivity contribution in [1.82, 2.24) is 10.2 Å². The van der Waals surface area contributed by atoms with Crippen LogP contribution in [0.3, 0.4) is 0 Å². The second kappa shape index (κ2) is 5.20. The zero-order chi connectivity index (χ0) is 15.9. The first kappa shape index (κ1) is 14.7. The van der Waals surface area contributed by atoms with Crippen LogP contribution in [0.25, 0.3) is 0 Å². The molecule has 2 N–H and O–H groups in total. The maximum atomic E-state index is 12.5. The lowest BCUT2D eigenvalue weighted by Gasteiger charge is -2.28. The molecule has 0 fully saturated rings. The molecule has 1 aliphatic rings. The van der Waals surface area contributed by atoms with Gasteiger partial charge in [0.25, 0.3) is 10.0 Å². The number of H-pyrrole nitrogens is 1. The van der Waals surface area contributed by atoms with Gasteiger partial charge in [0.2, 0.25) is 0 Å². The number of aromatic amines is 1. The van der Waals surface area contributed by atoms with E-state index < -0.39 is 10.0 Å². The van der Waals surface area contributed by atoms with Gasteiger partial charge in [-0.05, 0) is 32.0 Å². The highest BCUT2D eigenvalue weighted by Gasteiger charge is 2.23. The number of aromatic nitrogens is 2. The highest BCUT2D eigenvalue weighted by Crippen LogP contribution is 2.34. The minimum Gasteiger partial charge on any atom is -0.490 e. The summed E-state index contributed by atoms with van der Waals surface area (Å²) in [5.74, 6) is 0.757. The van der Waals surface area contributed by atoms with Crippen molar-refractivity contribution < 1.29 is 13.2 Å². The number of fused-ring (bicyclic) bond motifs is 1. The number of hydrogen-bond acceptors (Lipinski definition) is 5. The normalized spacial score (nSPS) is 14.4. The van der Waals surface area contributed by atoms with Crippen LogP contribution in [0.2, 0.25) is 0 Å². The van der Waals surface area contributed by atoms with Gasteiger partial charge in [0.1, 0.15) is 17.3 Å². The number of hydrogen-bond donors (Lipinski definition) is 2. The smallest absolute Gasteiger partial charge is 0.265 e. The van der Waals surface area contributed by atoms with Crippen LogP contribution in [0.4, 0.5) is 11.4 Å². The largest absolute Gasteiger partial charge is 0.490 e. The Morgan fingerprint density at radius 3 is 2.82 bits per heavy atom. The Hall–Kier alpha value is -2.22. The lowest BCUT2D eigenvalue weighted by Crippen LogP contribution is -2.28. The van der Waals surface area contributed by atoms with E-state index in [1.165, 1.54) is 0 Å². The van der Waals surface area contributed by atoms with Crippen LogP contribution in [-0.2, 0) is 10.0 Å². The molecule has 2 heterocycles. The molecule has 0 spiro atoms. The Labute approximate surface area is 129 Å². The maximum absolute atomic E-state index is 12.5. The van der Waals surface area contributed by atoms with Crippen molar-refractivity contribution in [3.8, 4) is 5.75 Å². The molecule has 0 radical (unpaired) electrons. The van der Waals surface area contributed by atoms with Gasteiger partial charge in [-0.15, -0.1) is 0 Å². The summed E-state index contributed by atoms with van der Waals surface area (Å²) in [5, 5.41) is 6.62. The third-order valence-corrected chi connectivity index (χ3v) is 5.28. The van der Waals surface area contributed by atoms with Crippen molar-refractivity contribution in [3.63, 3.8) is 0 Å². The summed E-state index contributed by atoms with van der Waals surface area (Å²) in [5.41, 5.74) is 2.33. The molecule has 118 valence electrons. The van der Waals surface area contributed by atoms with Crippen molar-refractivity contribution in [1.29, 1.82) is 0 Å². The van der Waals surface area contributed by atoms with Crippen LogP contribution in [-0.4, -0.2) is 38.8 Å². The van der Waals surface area contributed by atoms with Gasteiger partial charge in [-0.1, -0.05) is 0 Å². The molecular formula is C14H18N4O3S. The average molecular weight is 322 g/mol. The predicted octanol–water partition coefficient (Wildman–Crippen LogP) is 1.66. The summed E-state index contributed by atoms with van der Waals surface area (Å²) in [4.78, 5) is 2.22. The summed E-state index contributed by atoms with van der Waals surface area (Å²) in [7, 11) is -1.73. The van der Waals surface area contributed by atoms with E-state index in [0.29, 0.717) is 23.7 Å². The Bertz CT molecular complexity index is 794. The molecule has 0 bridgehead atoms. The van der Waals surface area contributed by atoms with E-state index in [-0.39, 0.29) is 4.90 Å². The average Bonchev–Trinajstić information content (AvgIpc) is 2.79. The van der Waals surface area contributed by atoms with E-state index in [2.05, 4.69) is 14.9 Å². The molecule has 0 unspecified atom stereocenters. The van der Waals surface area contributed by atoms with Gasteiger partial charge in [0.05, 0.1) is 29.3 Å². The second-order valence-electron chi connectivity index (χ2n) is 5.32. The zero-order valence-corrected chi connectivity index (χ0v) is 13.5. The molecule has 7 nitrogen and oxygen atoms in total. The lowest BCUT2D eigenvalue weighted by molar-refractivity contribution is 0.311. The molecular weight excluding hydrogens is 304 g/mol. The van der Waals surface area contributed by atoms with Gasteiger partial charge in [-0.25, -0.2) is 8.42 Å². The molecule has 0 amide bonds. The van der Waals surface area contributed by atoms with Crippen molar-refractivity contribution in [3.05, 3.63) is 29.6 Å². The minimum absolute atomic E-state index is 0.190. The minimum atomic E-state index is -3.68. The van der Waals surface area contributed by atoms with E-state index in [0.717, 1.165) is 18.0 Å². The molecule has 2 aromatic rings. The van der Waals surface area contributed by atoms with E-state index in [4.69, 9.17) is 4.74 Å². The van der Waals surface area contributed by atoms with Crippen LogP contribution in [0, 0.1) is 13.8 Å². The number of aryl methyl sites for hydroxylation is 2. The molecule has 1 aliphatic heterocycles. The number of sulfonamides is 1. The first-order valence-corrected chi connectivity index (χ1v) is 8.39. The molecule has 0 saturated heterocycles. The highest BCUT2D eigenvalue weighted by molar-refractivity contribution is 7.92. The molecule has 0 aliphatic carbocycles. The van der Waals surface area contributed by atoms with Gasteiger partial charge < -0.3 is 9.64 Å². The first-order valence-electron chi connectivity index (χ1n) is 6.91. The van der Waals surface area contributed by atoms with Gasteiger partial charge in [0.15, 0.2) is 0 Å². The number of rotatable bonds is 3. The van der Waals surface area contributed by atoms with Crippen LogP contribution in [0.1, 0.15) is 11.4 Å². The second-order valence-corrected chi connectivity index (χ2v) is 6.94. The van der Waals surface area contributed by atoms with Crippen molar-refractivity contribution in [2.24, 2.45) is 0 Å². The van der Waals surface area contributed by atoms with Gasteiger partial charge >= 0.3 is 0 Å².